The van der Waals surface area contributed by atoms with Gasteiger partial charge in [-0.15, -0.1) is 0 Å². The molecule has 0 amide bonds. The molecular weight excluding hydrogens is 212 g/mol. The second-order valence-electron chi connectivity index (χ2n) is 3.49. The van der Waals surface area contributed by atoms with Gasteiger partial charge in [0.1, 0.15) is 0 Å². The first-order valence-corrected chi connectivity index (χ1v) is 5.05. The Morgan fingerprint density at radius 2 is 2.27 bits per heavy atom. The topological polar surface area (TPSA) is 44.1 Å². The molecule has 76 valence electrons. The Morgan fingerprint density at radius 3 is 2.80 bits per heavy atom. The standard InChI is InChI=1S/C11H9ClN2O/c12-10-5-8(6-13)1-2-11(10)14-4-3-9(15)7-14/h1-2,5H,3-4,7H2. The first-order chi connectivity index (χ1) is 7.20. The van der Waals surface area contributed by atoms with Crippen LogP contribution in [0.5, 0.6) is 0 Å². The van der Waals surface area contributed by atoms with Gasteiger partial charge in [-0.25, -0.2) is 0 Å². The number of rotatable bonds is 1. The maximum Gasteiger partial charge on any atom is 0.153 e. The number of Topliss-reactive ketones (excluding diaryl/α,β-unsaturated/α-hetero) is 1. The summed E-state index contributed by atoms with van der Waals surface area (Å²) >= 11 is 6.03. The maximum absolute atomic E-state index is 11.1. The van der Waals surface area contributed by atoms with Crippen LogP contribution in [0, 0.1) is 11.3 Å². The number of carbonyl (C=O) groups is 1. The van der Waals surface area contributed by atoms with Gasteiger partial charge in [0.25, 0.3) is 0 Å². The minimum Gasteiger partial charge on any atom is -0.363 e. The molecule has 15 heavy (non-hydrogen) atoms. The van der Waals surface area contributed by atoms with Gasteiger partial charge in [0.15, 0.2) is 5.78 Å². The number of hydrogen-bond donors (Lipinski definition) is 0. The molecule has 1 aromatic rings. The number of nitrogens with zero attached hydrogens (tertiary/aromatic N) is 2. The number of carbonyl (C=O) groups excluding carboxylic acids is 1. The second kappa shape index (κ2) is 3.92. The van der Waals surface area contributed by atoms with E-state index in [1.165, 1.54) is 0 Å². The fourth-order valence-corrected chi connectivity index (χ4v) is 1.97. The van der Waals surface area contributed by atoms with E-state index >= 15 is 0 Å². The third kappa shape index (κ3) is 1.95. The van der Waals surface area contributed by atoms with E-state index in [9.17, 15) is 4.79 Å². The van der Waals surface area contributed by atoms with Crippen molar-refractivity contribution in [1.82, 2.24) is 0 Å². The number of halogens is 1. The van der Waals surface area contributed by atoms with Crippen LogP contribution >= 0.6 is 11.6 Å². The Kier molecular flexibility index (Phi) is 2.61. The lowest BCUT2D eigenvalue weighted by atomic mass is 10.2. The first kappa shape index (κ1) is 10.0. The third-order valence-corrected chi connectivity index (χ3v) is 2.75. The molecule has 1 aliphatic rings. The molecular formula is C11H9ClN2O. The lowest BCUT2D eigenvalue weighted by Crippen LogP contribution is -2.19. The molecule has 0 bridgehead atoms. The monoisotopic (exact) mass is 220 g/mol. The van der Waals surface area contributed by atoms with Crippen LogP contribution in [0.25, 0.3) is 0 Å². The molecule has 0 saturated carbocycles. The highest BCUT2D eigenvalue weighted by atomic mass is 35.5. The van der Waals surface area contributed by atoms with Crippen LogP contribution in [-0.2, 0) is 4.79 Å². The molecule has 1 aromatic carbocycles. The van der Waals surface area contributed by atoms with E-state index in [0.29, 0.717) is 30.1 Å². The molecule has 3 nitrogen and oxygen atoms in total. The molecule has 4 heteroatoms. The van der Waals surface area contributed by atoms with E-state index in [1.54, 1.807) is 18.2 Å². The molecule has 0 aromatic heterocycles. The fraction of sp³-hybridized carbons (Fsp3) is 0.273. The van der Waals surface area contributed by atoms with Gasteiger partial charge < -0.3 is 4.90 Å². The Bertz CT molecular complexity index is 450. The molecule has 0 atom stereocenters. The normalized spacial score (nSPS) is 15.5. The zero-order valence-electron chi connectivity index (χ0n) is 8.03. The van der Waals surface area contributed by atoms with Gasteiger partial charge in [-0.1, -0.05) is 11.6 Å². The molecule has 0 aliphatic carbocycles. The highest BCUT2D eigenvalue weighted by Crippen LogP contribution is 2.28. The number of nitriles is 1. The van der Waals surface area contributed by atoms with Crippen molar-refractivity contribution in [3.8, 4) is 6.07 Å². The summed E-state index contributed by atoms with van der Waals surface area (Å²) in [7, 11) is 0. The highest BCUT2D eigenvalue weighted by Gasteiger charge is 2.21. The van der Waals surface area contributed by atoms with E-state index in [0.717, 1.165) is 5.69 Å². The van der Waals surface area contributed by atoms with Crippen LogP contribution in [0.3, 0.4) is 0 Å². The van der Waals surface area contributed by atoms with Crippen molar-refractivity contribution in [2.75, 3.05) is 18.0 Å². The zero-order chi connectivity index (χ0) is 10.8. The number of ketones is 1. The van der Waals surface area contributed by atoms with Crippen molar-refractivity contribution in [1.29, 1.82) is 5.26 Å². The lowest BCUT2D eigenvalue weighted by Gasteiger charge is -2.17. The summed E-state index contributed by atoms with van der Waals surface area (Å²) in [6, 6.07) is 7.15. The van der Waals surface area contributed by atoms with E-state index < -0.39 is 0 Å². The molecule has 0 radical (unpaired) electrons. The Labute approximate surface area is 92.9 Å². The van der Waals surface area contributed by atoms with Gasteiger partial charge in [-0.05, 0) is 18.2 Å². The lowest BCUT2D eigenvalue weighted by molar-refractivity contribution is -0.116. The van der Waals surface area contributed by atoms with Crippen LogP contribution in [0.4, 0.5) is 5.69 Å². The molecule has 1 saturated heterocycles. The Morgan fingerprint density at radius 1 is 1.47 bits per heavy atom. The predicted molar refractivity (Wildman–Crippen MR) is 58.0 cm³/mol. The van der Waals surface area contributed by atoms with Gasteiger partial charge in [0, 0.05) is 13.0 Å². The van der Waals surface area contributed by atoms with Crippen molar-refractivity contribution >= 4 is 23.1 Å². The summed E-state index contributed by atoms with van der Waals surface area (Å²) in [5.41, 5.74) is 1.37. The first-order valence-electron chi connectivity index (χ1n) is 4.67. The number of benzene rings is 1. The molecule has 1 aliphatic heterocycles. The average molecular weight is 221 g/mol. The minimum atomic E-state index is 0.232. The number of anilines is 1. The van der Waals surface area contributed by atoms with E-state index in [2.05, 4.69) is 0 Å². The minimum absolute atomic E-state index is 0.232. The summed E-state index contributed by atoms with van der Waals surface area (Å²) in [5, 5.41) is 9.22. The third-order valence-electron chi connectivity index (χ3n) is 2.45. The highest BCUT2D eigenvalue weighted by molar-refractivity contribution is 6.33. The van der Waals surface area contributed by atoms with Crippen molar-refractivity contribution in [2.45, 2.75) is 6.42 Å². The smallest absolute Gasteiger partial charge is 0.153 e. The zero-order valence-corrected chi connectivity index (χ0v) is 8.79. The average Bonchev–Trinajstić information content (AvgIpc) is 2.64. The summed E-state index contributed by atoms with van der Waals surface area (Å²) in [6.45, 7) is 1.13. The molecule has 0 N–H and O–H groups in total. The second-order valence-corrected chi connectivity index (χ2v) is 3.90. The van der Waals surface area contributed by atoms with Gasteiger partial charge in [0.05, 0.1) is 28.9 Å². The molecule has 1 heterocycles. The van der Waals surface area contributed by atoms with Crippen LogP contribution < -0.4 is 4.90 Å². The van der Waals surface area contributed by atoms with Gasteiger partial charge in [0.2, 0.25) is 0 Å². The van der Waals surface area contributed by atoms with E-state index in [4.69, 9.17) is 16.9 Å². The largest absolute Gasteiger partial charge is 0.363 e. The molecule has 2 rings (SSSR count). The van der Waals surface area contributed by atoms with Gasteiger partial charge >= 0.3 is 0 Å². The summed E-state index contributed by atoms with van der Waals surface area (Å²) in [4.78, 5) is 13.1. The fourth-order valence-electron chi connectivity index (χ4n) is 1.67. The van der Waals surface area contributed by atoms with E-state index in [-0.39, 0.29) is 5.78 Å². The molecule has 0 unspecified atom stereocenters. The SMILES string of the molecule is N#Cc1ccc(N2CCC(=O)C2)c(Cl)c1. The van der Waals surface area contributed by atoms with Crippen LogP contribution in [-0.4, -0.2) is 18.9 Å². The van der Waals surface area contributed by atoms with Crippen LogP contribution in [0.1, 0.15) is 12.0 Å². The predicted octanol–water partition coefficient (Wildman–Crippen LogP) is 1.99. The van der Waals surface area contributed by atoms with Crippen molar-refractivity contribution in [3.05, 3.63) is 28.8 Å². The molecule has 1 fully saturated rings. The van der Waals surface area contributed by atoms with Crippen molar-refractivity contribution < 1.29 is 4.79 Å². The van der Waals surface area contributed by atoms with Crippen molar-refractivity contribution in [2.24, 2.45) is 0 Å². The van der Waals surface area contributed by atoms with Crippen LogP contribution in [0.15, 0.2) is 18.2 Å². The summed E-state index contributed by atoms with van der Waals surface area (Å²) < 4.78 is 0. The van der Waals surface area contributed by atoms with Gasteiger partial charge in [-0.2, -0.15) is 5.26 Å². The summed E-state index contributed by atoms with van der Waals surface area (Å²) in [6.07, 6.45) is 0.580. The van der Waals surface area contributed by atoms with Crippen molar-refractivity contribution in [3.63, 3.8) is 0 Å². The Balaban J connectivity index is 2.30. The van der Waals surface area contributed by atoms with E-state index in [1.807, 2.05) is 11.0 Å². The molecule has 0 spiro atoms. The maximum atomic E-state index is 11.1. The van der Waals surface area contributed by atoms with Gasteiger partial charge in [-0.3, -0.25) is 4.79 Å². The van der Waals surface area contributed by atoms with Crippen LogP contribution in [0.2, 0.25) is 5.02 Å². The Hall–Kier alpha value is -1.53. The quantitative estimate of drug-likeness (QED) is 0.727. The number of hydrogen-bond acceptors (Lipinski definition) is 3. The summed E-state index contributed by atoms with van der Waals surface area (Å²) in [5.74, 6) is 0.232.